The molecule has 1 atom stereocenters. The molecule has 1 aromatic rings. The number of nitrogens with zero attached hydrogens (tertiary/aromatic N) is 1. The van der Waals surface area contributed by atoms with Gasteiger partial charge in [-0.2, -0.15) is 0 Å². The van der Waals surface area contributed by atoms with E-state index in [1.165, 1.54) is 16.0 Å². The molecule has 1 N–H and O–H groups in total. The Labute approximate surface area is 124 Å². The number of carboxylic acids is 1. The van der Waals surface area contributed by atoms with Crippen molar-refractivity contribution < 1.29 is 19.4 Å². The summed E-state index contributed by atoms with van der Waals surface area (Å²) >= 11 is 0. The van der Waals surface area contributed by atoms with Crippen molar-refractivity contribution in [3.05, 3.63) is 35.4 Å². The van der Waals surface area contributed by atoms with E-state index in [1.54, 1.807) is 0 Å². The van der Waals surface area contributed by atoms with Gasteiger partial charge in [-0.25, -0.2) is 4.79 Å². The monoisotopic (exact) mass is 291 g/mol. The first-order valence-electron chi connectivity index (χ1n) is 7.23. The molecule has 0 bridgehead atoms. The van der Waals surface area contributed by atoms with Gasteiger partial charge < -0.3 is 14.7 Å². The molecule has 0 radical (unpaired) electrons. The van der Waals surface area contributed by atoms with E-state index in [9.17, 15) is 9.59 Å². The standard InChI is InChI=1S/C16H21NO4/c1-12-5-7-13(8-6-12)3-2-4-15(18)17-9-10-21-11-14(17)16(19)20/h5-8,14H,2-4,9-11H2,1H3,(H,19,20)/t14-/m0/s1. The zero-order valence-corrected chi connectivity index (χ0v) is 12.2. The summed E-state index contributed by atoms with van der Waals surface area (Å²) in [6.07, 6.45) is 1.93. The molecule has 2 rings (SSSR count). The van der Waals surface area contributed by atoms with E-state index in [1.807, 2.05) is 6.92 Å². The highest BCUT2D eigenvalue weighted by Gasteiger charge is 2.32. The molecular formula is C16H21NO4. The number of amides is 1. The number of benzene rings is 1. The predicted octanol–water partition coefficient (Wildman–Crippen LogP) is 1.63. The first-order valence-corrected chi connectivity index (χ1v) is 7.23. The van der Waals surface area contributed by atoms with Gasteiger partial charge >= 0.3 is 5.97 Å². The summed E-state index contributed by atoms with van der Waals surface area (Å²) in [6.45, 7) is 2.89. The second-order valence-corrected chi connectivity index (χ2v) is 5.36. The lowest BCUT2D eigenvalue weighted by Crippen LogP contribution is -2.52. The second-order valence-electron chi connectivity index (χ2n) is 5.36. The van der Waals surface area contributed by atoms with Crippen LogP contribution in [-0.4, -0.2) is 47.7 Å². The van der Waals surface area contributed by atoms with Crippen LogP contribution in [0.5, 0.6) is 0 Å². The highest BCUT2D eigenvalue weighted by atomic mass is 16.5. The normalized spacial score (nSPS) is 18.5. The van der Waals surface area contributed by atoms with Crippen molar-refractivity contribution in [2.45, 2.75) is 32.2 Å². The van der Waals surface area contributed by atoms with Crippen molar-refractivity contribution in [1.29, 1.82) is 0 Å². The Kier molecular flexibility index (Phi) is 5.33. The Balaban J connectivity index is 1.83. The smallest absolute Gasteiger partial charge is 0.328 e. The number of carbonyl (C=O) groups excluding carboxylic acids is 1. The van der Waals surface area contributed by atoms with Crippen molar-refractivity contribution in [2.24, 2.45) is 0 Å². The first-order chi connectivity index (χ1) is 10.1. The van der Waals surface area contributed by atoms with E-state index in [0.29, 0.717) is 19.6 Å². The largest absolute Gasteiger partial charge is 0.480 e. The Morgan fingerprint density at radius 2 is 2.05 bits per heavy atom. The van der Waals surface area contributed by atoms with Gasteiger partial charge in [0.25, 0.3) is 0 Å². The summed E-state index contributed by atoms with van der Waals surface area (Å²) in [6, 6.07) is 7.40. The van der Waals surface area contributed by atoms with Crippen LogP contribution in [0.3, 0.4) is 0 Å². The van der Waals surface area contributed by atoms with E-state index in [2.05, 4.69) is 24.3 Å². The third-order valence-electron chi connectivity index (χ3n) is 3.71. The van der Waals surface area contributed by atoms with Gasteiger partial charge in [-0.05, 0) is 25.3 Å². The van der Waals surface area contributed by atoms with Gasteiger partial charge in [-0.3, -0.25) is 4.79 Å². The fraction of sp³-hybridized carbons (Fsp3) is 0.500. The van der Waals surface area contributed by atoms with Gasteiger partial charge in [0, 0.05) is 13.0 Å². The molecule has 1 aromatic carbocycles. The van der Waals surface area contributed by atoms with E-state index in [-0.39, 0.29) is 12.5 Å². The van der Waals surface area contributed by atoms with Gasteiger partial charge in [0.05, 0.1) is 13.2 Å². The number of aliphatic carboxylic acids is 1. The van der Waals surface area contributed by atoms with Crippen molar-refractivity contribution in [1.82, 2.24) is 4.90 Å². The number of ether oxygens (including phenoxy) is 1. The van der Waals surface area contributed by atoms with E-state index in [4.69, 9.17) is 9.84 Å². The van der Waals surface area contributed by atoms with Crippen LogP contribution in [0.4, 0.5) is 0 Å². The van der Waals surface area contributed by atoms with Gasteiger partial charge in [0.15, 0.2) is 6.04 Å². The van der Waals surface area contributed by atoms with Crippen LogP contribution in [0.15, 0.2) is 24.3 Å². The van der Waals surface area contributed by atoms with Crippen LogP contribution < -0.4 is 0 Å². The second kappa shape index (κ2) is 7.22. The lowest BCUT2D eigenvalue weighted by Gasteiger charge is -2.32. The summed E-state index contributed by atoms with van der Waals surface area (Å²) in [5, 5.41) is 9.11. The molecule has 1 aliphatic heterocycles. The molecule has 1 saturated heterocycles. The highest BCUT2D eigenvalue weighted by Crippen LogP contribution is 2.12. The number of carbonyl (C=O) groups is 2. The van der Waals surface area contributed by atoms with E-state index in [0.717, 1.165) is 12.8 Å². The van der Waals surface area contributed by atoms with Crippen LogP contribution >= 0.6 is 0 Å². The minimum Gasteiger partial charge on any atom is -0.480 e. The van der Waals surface area contributed by atoms with Crippen molar-refractivity contribution in [2.75, 3.05) is 19.8 Å². The lowest BCUT2D eigenvalue weighted by molar-refractivity contribution is -0.158. The van der Waals surface area contributed by atoms with Crippen LogP contribution in [0.25, 0.3) is 0 Å². The topological polar surface area (TPSA) is 66.8 Å². The number of carboxylic acid groups (broad SMARTS) is 1. The Hall–Kier alpha value is -1.88. The molecule has 1 fully saturated rings. The Bertz CT molecular complexity index is 498. The summed E-state index contributed by atoms with van der Waals surface area (Å²) in [5.74, 6) is -1.10. The molecule has 21 heavy (non-hydrogen) atoms. The number of morpholine rings is 1. The molecule has 0 saturated carbocycles. The van der Waals surface area contributed by atoms with Crippen LogP contribution in [0.2, 0.25) is 0 Å². The maximum absolute atomic E-state index is 12.2. The number of hydrogen-bond acceptors (Lipinski definition) is 3. The van der Waals surface area contributed by atoms with Gasteiger partial charge in [0.1, 0.15) is 0 Å². The third-order valence-corrected chi connectivity index (χ3v) is 3.71. The summed E-state index contributed by atoms with van der Waals surface area (Å²) in [7, 11) is 0. The molecular weight excluding hydrogens is 270 g/mol. The van der Waals surface area contributed by atoms with Crippen LogP contribution in [0.1, 0.15) is 24.0 Å². The molecule has 1 amide bonds. The predicted molar refractivity (Wildman–Crippen MR) is 78.1 cm³/mol. The minimum absolute atomic E-state index is 0.0824. The quantitative estimate of drug-likeness (QED) is 0.895. The molecule has 0 aliphatic carbocycles. The summed E-state index contributed by atoms with van der Waals surface area (Å²) < 4.78 is 5.13. The maximum Gasteiger partial charge on any atom is 0.328 e. The SMILES string of the molecule is Cc1ccc(CCCC(=O)N2CCOC[C@H]2C(=O)O)cc1. The van der Waals surface area contributed by atoms with Gasteiger partial charge in [-0.15, -0.1) is 0 Å². The molecule has 5 nitrogen and oxygen atoms in total. The van der Waals surface area contributed by atoms with Crippen LogP contribution in [-0.2, 0) is 20.7 Å². The van der Waals surface area contributed by atoms with Gasteiger partial charge in [-0.1, -0.05) is 29.8 Å². The number of aryl methyl sites for hydroxylation is 2. The average Bonchev–Trinajstić information content (AvgIpc) is 2.49. The fourth-order valence-electron chi connectivity index (χ4n) is 2.45. The zero-order chi connectivity index (χ0) is 15.2. The van der Waals surface area contributed by atoms with Crippen molar-refractivity contribution >= 4 is 11.9 Å². The zero-order valence-electron chi connectivity index (χ0n) is 12.2. The molecule has 5 heteroatoms. The van der Waals surface area contributed by atoms with E-state index < -0.39 is 12.0 Å². The third kappa shape index (κ3) is 4.29. The summed E-state index contributed by atoms with van der Waals surface area (Å²) in [5.41, 5.74) is 2.41. The fourth-order valence-corrected chi connectivity index (χ4v) is 2.45. The molecule has 0 unspecified atom stereocenters. The van der Waals surface area contributed by atoms with Crippen LogP contribution in [0, 0.1) is 6.92 Å². The lowest BCUT2D eigenvalue weighted by atomic mass is 10.1. The first kappa shape index (κ1) is 15.5. The maximum atomic E-state index is 12.2. The van der Waals surface area contributed by atoms with Gasteiger partial charge in [0.2, 0.25) is 5.91 Å². The number of rotatable bonds is 5. The van der Waals surface area contributed by atoms with Crippen molar-refractivity contribution in [3.63, 3.8) is 0 Å². The van der Waals surface area contributed by atoms with E-state index >= 15 is 0 Å². The minimum atomic E-state index is -0.999. The van der Waals surface area contributed by atoms with Crippen molar-refractivity contribution in [3.8, 4) is 0 Å². The Morgan fingerprint density at radius 3 is 2.71 bits per heavy atom. The molecule has 0 spiro atoms. The summed E-state index contributed by atoms with van der Waals surface area (Å²) in [4.78, 5) is 24.7. The highest BCUT2D eigenvalue weighted by molar-refractivity contribution is 5.84. The molecule has 1 heterocycles. The molecule has 0 aromatic heterocycles. The molecule has 114 valence electrons. The molecule has 1 aliphatic rings. The number of hydrogen-bond donors (Lipinski definition) is 1. The Morgan fingerprint density at radius 1 is 1.33 bits per heavy atom. The average molecular weight is 291 g/mol.